The van der Waals surface area contributed by atoms with E-state index in [0.29, 0.717) is 13.0 Å². The third-order valence-corrected chi connectivity index (χ3v) is 6.69. The summed E-state index contributed by atoms with van der Waals surface area (Å²) in [5, 5.41) is 0. The van der Waals surface area contributed by atoms with Crippen LogP contribution in [0.3, 0.4) is 0 Å². The molecule has 1 aliphatic carbocycles. The second kappa shape index (κ2) is 8.69. The summed E-state index contributed by atoms with van der Waals surface area (Å²) in [6.07, 6.45) is 4.28. The Morgan fingerprint density at radius 3 is 2.06 bits per heavy atom. The average Bonchev–Trinajstić information content (AvgIpc) is 2.81. The fourth-order valence-electron chi connectivity index (χ4n) is 5.02. The van der Waals surface area contributed by atoms with Gasteiger partial charge in [-0.25, -0.2) is 4.79 Å². The van der Waals surface area contributed by atoms with Crippen LogP contribution in [0, 0.1) is 5.41 Å². The minimum absolute atomic E-state index is 0.131. The van der Waals surface area contributed by atoms with Crippen molar-refractivity contribution in [3.05, 3.63) is 71.3 Å². The van der Waals surface area contributed by atoms with Gasteiger partial charge in [-0.1, -0.05) is 35.9 Å². The second-order valence-electron chi connectivity index (χ2n) is 8.73. The molecule has 32 heavy (non-hydrogen) atoms. The van der Waals surface area contributed by atoms with E-state index in [1.807, 2.05) is 53.4 Å². The molecular formula is C26H30N2O4. The molecular weight excluding hydrogens is 404 g/mol. The molecule has 6 nitrogen and oxygen atoms in total. The predicted octanol–water partition coefficient (Wildman–Crippen LogP) is 4.44. The predicted molar refractivity (Wildman–Crippen MR) is 123 cm³/mol. The number of hydrogen-bond donors (Lipinski definition) is 0. The summed E-state index contributed by atoms with van der Waals surface area (Å²) >= 11 is 0. The zero-order chi connectivity index (χ0) is 22.9. The molecule has 0 radical (unpaired) electrons. The molecule has 0 N–H and O–H groups in total. The summed E-state index contributed by atoms with van der Waals surface area (Å²) in [6, 6.07) is 15.1. The standard InChI is InChI=1S/C26H30N2O4/c1-18-5-14-23-26(15-18,16-19-6-10-21(31-3)11-7-19)24(29)27(2)25(30)28(23)17-20-8-12-22(32-4)13-9-20/h6-13,15,23H,5,14,16-17H2,1-4H3/t23-,26-/m1/s1. The lowest BCUT2D eigenvalue weighted by Crippen LogP contribution is -2.66. The van der Waals surface area contributed by atoms with Crippen LogP contribution in [-0.2, 0) is 17.8 Å². The van der Waals surface area contributed by atoms with Gasteiger partial charge in [-0.15, -0.1) is 0 Å². The minimum Gasteiger partial charge on any atom is -0.497 e. The molecule has 0 spiro atoms. The number of hydrogen-bond acceptors (Lipinski definition) is 4. The first-order valence-corrected chi connectivity index (χ1v) is 10.9. The smallest absolute Gasteiger partial charge is 0.327 e. The number of allylic oxidation sites excluding steroid dienone is 1. The number of fused-ring (bicyclic) bond motifs is 1. The number of benzene rings is 2. The van der Waals surface area contributed by atoms with Gasteiger partial charge in [-0.2, -0.15) is 0 Å². The number of carbonyl (C=O) groups is 2. The van der Waals surface area contributed by atoms with Crippen LogP contribution in [0.15, 0.2) is 60.2 Å². The van der Waals surface area contributed by atoms with E-state index in [0.717, 1.165) is 35.5 Å². The number of methoxy groups -OCH3 is 2. The summed E-state index contributed by atoms with van der Waals surface area (Å²) in [6.45, 7) is 2.52. The molecule has 0 aromatic heterocycles. The van der Waals surface area contributed by atoms with Crippen LogP contribution in [0.4, 0.5) is 4.79 Å². The Morgan fingerprint density at radius 2 is 1.50 bits per heavy atom. The van der Waals surface area contributed by atoms with Crippen LogP contribution in [0.2, 0.25) is 0 Å². The van der Waals surface area contributed by atoms with Crippen molar-refractivity contribution in [1.29, 1.82) is 0 Å². The fourth-order valence-corrected chi connectivity index (χ4v) is 5.02. The molecule has 0 unspecified atom stereocenters. The third-order valence-electron chi connectivity index (χ3n) is 6.69. The highest BCUT2D eigenvalue weighted by Crippen LogP contribution is 2.45. The fraction of sp³-hybridized carbons (Fsp3) is 0.385. The summed E-state index contributed by atoms with van der Waals surface area (Å²) < 4.78 is 10.5. The normalized spacial score (nSPS) is 23.0. The number of urea groups is 1. The molecule has 2 aromatic carbocycles. The van der Waals surface area contributed by atoms with E-state index < -0.39 is 5.41 Å². The van der Waals surface area contributed by atoms with Crippen LogP contribution < -0.4 is 9.47 Å². The van der Waals surface area contributed by atoms with Crippen molar-refractivity contribution in [3.63, 3.8) is 0 Å². The van der Waals surface area contributed by atoms with Gasteiger partial charge in [0.25, 0.3) is 0 Å². The maximum atomic E-state index is 13.6. The quantitative estimate of drug-likeness (QED) is 0.631. The Balaban J connectivity index is 1.72. The van der Waals surface area contributed by atoms with E-state index in [4.69, 9.17) is 9.47 Å². The van der Waals surface area contributed by atoms with Gasteiger partial charge >= 0.3 is 6.03 Å². The summed E-state index contributed by atoms with van der Waals surface area (Å²) in [5.74, 6) is 1.42. The Labute approximate surface area is 189 Å². The van der Waals surface area contributed by atoms with E-state index in [-0.39, 0.29) is 18.0 Å². The van der Waals surface area contributed by atoms with Gasteiger partial charge in [0.2, 0.25) is 5.91 Å². The van der Waals surface area contributed by atoms with Crippen LogP contribution in [0.25, 0.3) is 0 Å². The highest BCUT2D eigenvalue weighted by molar-refractivity contribution is 6.02. The van der Waals surface area contributed by atoms with Gasteiger partial charge in [0.15, 0.2) is 0 Å². The van der Waals surface area contributed by atoms with Gasteiger partial charge in [-0.05, 0) is 61.6 Å². The van der Waals surface area contributed by atoms with E-state index in [1.165, 1.54) is 10.5 Å². The zero-order valence-corrected chi connectivity index (χ0v) is 19.1. The van der Waals surface area contributed by atoms with Crippen LogP contribution in [0.5, 0.6) is 11.5 Å². The molecule has 1 aliphatic heterocycles. The summed E-state index contributed by atoms with van der Waals surface area (Å²) in [4.78, 5) is 30.0. The molecule has 1 heterocycles. The lowest BCUT2D eigenvalue weighted by molar-refractivity contribution is -0.144. The van der Waals surface area contributed by atoms with Gasteiger partial charge in [-0.3, -0.25) is 9.69 Å². The van der Waals surface area contributed by atoms with Crippen molar-refractivity contribution in [2.45, 2.75) is 38.8 Å². The van der Waals surface area contributed by atoms with E-state index >= 15 is 0 Å². The van der Waals surface area contributed by atoms with Crippen molar-refractivity contribution < 1.29 is 19.1 Å². The van der Waals surface area contributed by atoms with E-state index in [1.54, 1.807) is 21.3 Å². The molecule has 2 aromatic rings. The van der Waals surface area contributed by atoms with E-state index in [2.05, 4.69) is 13.0 Å². The van der Waals surface area contributed by atoms with Gasteiger partial charge in [0, 0.05) is 13.6 Å². The number of imide groups is 1. The first-order valence-electron chi connectivity index (χ1n) is 10.9. The van der Waals surface area contributed by atoms with Crippen LogP contribution in [0.1, 0.15) is 30.9 Å². The highest BCUT2D eigenvalue weighted by Gasteiger charge is 2.55. The largest absolute Gasteiger partial charge is 0.497 e. The molecule has 6 heteroatoms. The lowest BCUT2D eigenvalue weighted by Gasteiger charge is -2.52. The Hall–Kier alpha value is -3.28. The summed E-state index contributed by atoms with van der Waals surface area (Å²) in [7, 11) is 4.86. The molecule has 4 rings (SSSR count). The zero-order valence-electron chi connectivity index (χ0n) is 19.1. The molecule has 1 fully saturated rings. The monoisotopic (exact) mass is 434 g/mol. The Bertz CT molecular complexity index is 1030. The summed E-state index contributed by atoms with van der Waals surface area (Å²) in [5.41, 5.74) is 2.45. The molecule has 0 bridgehead atoms. The molecule has 1 saturated heterocycles. The maximum absolute atomic E-state index is 13.6. The Kier molecular flexibility index (Phi) is 5.96. The SMILES string of the molecule is COc1ccc(CN2C(=O)N(C)C(=O)[C@@]3(Cc4ccc(OC)cc4)C=C(C)CC[C@@H]23)cc1. The number of amides is 3. The number of carbonyl (C=O) groups excluding carboxylic acids is 2. The molecule has 168 valence electrons. The van der Waals surface area contributed by atoms with Crippen LogP contribution in [-0.4, -0.2) is 49.0 Å². The number of ether oxygens (including phenoxy) is 2. The molecule has 2 atom stereocenters. The second-order valence-corrected chi connectivity index (χ2v) is 8.73. The van der Waals surface area contributed by atoms with Crippen LogP contribution >= 0.6 is 0 Å². The third kappa shape index (κ3) is 3.85. The van der Waals surface area contributed by atoms with Gasteiger partial charge < -0.3 is 14.4 Å². The molecule has 3 amide bonds. The highest BCUT2D eigenvalue weighted by atomic mass is 16.5. The number of rotatable bonds is 6. The minimum atomic E-state index is -0.786. The molecule has 0 saturated carbocycles. The van der Waals surface area contributed by atoms with Gasteiger partial charge in [0.05, 0.1) is 25.7 Å². The van der Waals surface area contributed by atoms with Crippen molar-refractivity contribution >= 4 is 11.9 Å². The van der Waals surface area contributed by atoms with Crippen molar-refractivity contribution in [2.24, 2.45) is 5.41 Å². The molecule has 2 aliphatic rings. The van der Waals surface area contributed by atoms with Crippen molar-refractivity contribution in [2.75, 3.05) is 21.3 Å². The van der Waals surface area contributed by atoms with Crippen molar-refractivity contribution in [3.8, 4) is 11.5 Å². The average molecular weight is 435 g/mol. The van der Waals surface area contributed by atoms with Crippen molar-refractivity contribution in [1.82, 2.24) is 9.80 Å². The topological polar surface area (TPSA) is 59.1 Å². The first kappa shape index (κ1) is 21.9. The number of nitrogens with zero attached hydrogens (tertiary/aromatic N) is 2. The van der Waals surface area contributed by atoms with Gasteiger partial charge in [0.1, 0.15) is 11.5 Å². The van der Waals surface area contributed by atoms with E-state index in [9.17, 15) is 9.59 Å². The maximum Gasteiger partial charge on any atom is 0.327 e. The Morgan fingerprint density at radius 1 is 0.938 bits per heavy atom. The first-order chi connectivity index (χ1) is 15.4. The lowest BCUT2D eigenvalue weighted by atomic mass is 9.66.